The van der Waals surface area contributed by atoms with Gasteiger partial charge < -0.3 is 16.0 Å². The number of aromatic nitrogens is 2. The number of rotatable bonds is 4. The van der Waals surface area contributed by atoms with E-state index in [1.54, 1.807) is 11.3 Å². The average molecular weight is 258 g/mol. The molecule has 0 aliphatic rings. The first-order valence-electron chi connectivity index (χ1n) is 5.83. The Kier molecular flexibility index (Phi) is 2.90. The van der Waals surface area contributed by atoms with Crippen LogP contribution in [0.4, 0.5) is 11.6 Å². The number of imidazole rings is 1. The maximum atomic E-state index is 5.73. The lowest BCUT2D eigenvalue weighted by Crippen LogP contribution is -2.04. The van der Waals surface area contributed by atoms with Gasteiger partial charge >= 0.3 is 0 Å². The number of H-pyrrole nitrogens is 1. The number of anilines is 2. The van der Waals surface area contributed by atoms with Crippen LogP contribution in [0, 0.1) is 0 Å². The minimum Gasteiger partial charge on any atom is -0.399 e. The molecule has 0 radical (unpaired) electrons. The van der Waals surface area contributed by atoms with E-state index in [0.717, 1.165) is 35.6 Å². The molecule has 0 atom stereocenters. The summed E-state index contributed by atoms with van der Waals surface area (Å²) in [5.41, 5.74) is 8.38. The van der Waals surface area contributed by atoms with E-state index in [2.05, 4.69) is 32.8 Å². The molecule has 18 heavy (non-hydrogen) atoms. The number of nitrogens with one attached hydrogen (secondary N) is 2. The fourth-order valence-electron chi connectivity index (χ4n) is 1.87. The van der Waals surface area contributed by atoms with Crippen molar-refractivity contribution in [1.29, 1.82) is 0 Å². The molecule has 4 nitrogen and oxygen atoms in total. The van der Waals surface area contributed by atoms with Gasteiger partial charge in [0, 0.05) is 17.1 Å². The average Bonchev–Trinajstić information content (AvgIpc) is 2.97. The second kappa shape index (κ2) is 4.70. The Labute approximate surface area is 109 Å². The molecule has 0 saturated heterocycles. The van der Waals surface area contributed by atoms with Gasteiger partial charge in [0.1, 0.15) is 0 Å². The van der Waals surface area contributed by atoms with Crippen molar-refractivity contribution in [3.8, 4) is 0 Å². The lowest BCUT2D eigenvalue weighted by Gasteiger charge is -2.00. The van der Waals surface area contributed by atoms with Gasteiger partial charge in [-0.15, -0.1) is 11.3 Å². The Hall–Kier alpha value is -2.01. The van der Waals surface area contributed by atoms with Crippen molar-refractivity contribution in [2.45, 2.75) is 6.42 Å². The Morgan fingerprint density at radius 2 is 2.28 bits per heavy atom. The van der Waals surface area contributed by atoms with Crippen LogP contribution < -0.4 is 11.1 Å². The molecule has 0 spiro atoms. The maximum Gasteiger partial charge on any atom is 0.201 e. The standard InChI is InChI=1S/C13H14N4S/c14-9-3-4-11-12(8-9)17-13(16-11)15-6-5-10-2-1-7-18-10/h1-4,7-8H,5-6,14H2,(H2,15,16,17). The van der Waals surface area contributed by atoms with Crippen molar-refractivity contribution in [2.75, 3.05) is 17.6 Å². The van der Waals surface area contributed by atoms with Gasteiger partial charge in [-0.1, -0.05) is 6.07 Å². The van der Waals surface area contributed by atoms with E-state index in [4.69, 9.17) is 5.73 Å². The second-order valence-electron chi connectivity index (χ2n) is 4.12. The van der Waals surface area contributed by atoms with Crippen LogP contribution in [0.3, 0.4) is 0 Å². The van der Waals surface area contributed by atoms with Gasteiger partial charge in [0.2, 0.25) is 5.95 Å². The van der Waals surface area contributed by atoms with Gasteiger partial charge in [-0.2, -0.15) is 0 Å². The molecule has 0 saturated carbocycles. The SMILES string of the molecule is Nc1ccc2nc(NCCc3cccs3)[nH]c2c1. The molecule has 0 fully saturated rings. The highest BCUT2D eigenvalue weighted by molar-refractivity contribution is 7.09. The molecule has 0 aliphatic heterocycles. The molecule has 3 rings (SSSR count). The zero-order chi connectivity index (χ0) is 12.4. The summed E-state index contributed by atoms with van der Waals surface area (Å²) >= 11 is 1.78. The van der Waals surface area contributed by atoms with Crippen molar-refractivity contribution >= 4 is 34.0 Å². The fourth-order valence-corrected chi connectivity index (χ4v) is 2.58. The first kappa shape index (κ1) is 11.1. The van der Waals surface area contributed by atoms with E-state index in [9.17, 15) is 0 Å². The fraction of sp³-hybridized carbons (Fsp3) is 0.154. The van der Waals surface area contributed by atoms with Crippen molar-refractivity contribution in [1.82, 2.24) is 9.97 Å². The molecule has 3 aromatic rings. The highest BCUT2D eigenvalue weighted by Gasteiger charge is 2.02. The van der Waals surface area contributed by atoms with E-state index >= 15 is 0 Å². The summed E-state index contributed by atoms with van der Waals surface area (Å²) in [5, 5.41) is 5.39. The smallest absolute Gasteiger partial charge is 0.201 e. The monoisotopic (exact) mass is 258 g/mol. The van der Waals surface area contributed by atoms with E-state index in [1.807, 2.05) is 18.2 Å². The first-order chi connectivity index (χ1) is 8.81. The minimum absolute atomic E-state index is 0.747. The molecule has 0 aliphatic carbocycles. The third kappa shape index (κ3) is 2.31. The summed E-state index contributed by atoms with van der Waals surface area (Å²) in [6, 6.07) is 9.90. The number of benzene rings is 1. The van der Waals surface area contributed by atoms with E-state index < -0.39 is 0 Å². The van der Waals surface area contributed by atoms with Crippen LogP contribution in [0.25, 0.3) is 11.0 Å². The summed E-state index contributed by atoms with van der Waals surface area (Å²) in [7, 11) is 0. The summed E-state index contributed by atoms with van der Waals surface area (Å²) in [6.45, 7) is 0.871. The number of aromatic amines is 1. The lowest BCUT2D eigenvalue weighted by molar-refractivity contribution is 1.02. The molecule has 2 aromatic heterocycles. The quantitative estimate of drug-likeness (QED) is 0.630. The largest absolute Gasteiger partial charge is 0.399 e. The molecular weight excluding hydrogens is 244 g/mol. The lowest BCUT2D eigenvalue weighted by atomic mass is 10.3. The van der Waals surface area contributed by atoms with Crippen molar-refractivity contribution in [2.24, 2.45) is 0 Å². The Balaban J connectivity index is 1.67. The maximum absolute atomic E-state index is 5.73. The predicted molar refractivity (Wildman–Crippen MR) is 77.0 cm³/mol. The number of hydrogen-bond donors (Lipinski definition) is 3. The first-order valence-corrected chi connectivity index (χ1v) is 6.71. The number of nitrogens with two attached hydrogens (primary N) is 1. The zero-order valence-electron chi connectivity index (χ0n) is 9.81. The van der Waals surface area contributed by atoms with Crippen LogP contribution >= 0.6 is 11.3 Å². The minimum atomic E-state index is 0.747. The van der Waals surface area contributed by atoms with Crippen LogP contribution in [0.2, 0.25) is 0 Å². The summed E-state index contributed by atoms with van der Waals surface area (Å²) in [6.07, 6.45) is 1.01. The molecule has 0 bridgehead atoms. The van der Waals surface area contributed by atoms with E-state index in [1.165, 1.54) is 4.88 Å². The summed E-state index contributed by atoms with van der Waals surface area (Å²) in [5.74, 6) is 0.798. The topological polar surface area (TPSA) is 66.7 Å². The molecule has 0 unspecified atom stereocenters. The molecule has 1 aromatic carbocycles. The number of nitrogens with zero attached hydrogens (tertiary/aromatic N) is 1. The van der Waals surface area contributed by atoms with Crippen LogP contribution in [0.5, 0.6) is 0 Å². The number of hydrogen-bond acceptors (Lipinski definition) is 4. The third-order valence-corrected chi connectivity index (χ3v) is 3.69. The van der Waals surface area contributed by atoms with E-state index in [0.29, 0.717) is 0 Å². The Morgan fingerprint density at radius 3 is 3.11 bits per heavy atom. The molecule has 2 heterocycles. The molecule has 4 N–H and O–H groups in total. The van der Waals surface area contributed by atoms with Gasteiger partial charge in [0.25, 0.3) is 0 Å². The number of fused-ring (bicyclic) bond motifs is 1. The summed E-state index contributed by atoms with van der Waals surface area (Å²) in [4.78, 5) is 9.05. The normalized spacial score (nSPS) is 10.9. The molecule has 92 valence electrons. The third-order valence-electron chi connectivity index (χ3n) is 2.75. The predicted octanol–water partition coefficient (Wildman–Crippen LogP) is 2.86. The summed E-state index contributed by atoms with van der Waals surface area (Å²) < 4.78 is 0. The van der Waals surface area contributed by atoms with Crippen molar-refractivity contribution in [3.05, 3.63) is 40.6 Å². The van der Waals surface area contributed by atoms with Gasteiger partial charge in [0.15, 0.2) is 0 Å². The van der Waals surface area contributed by atoms with Crippen LogP contribution in [-0.4, -0.2) is 16.5 Å². The Bertz CT molecular complexity index is 642. The van der Waals surface area contributed by atoms with Gasteiger partial charge in [-0.05, 0) is 36.1 Å². The highest BCUT2D eigenvalue weighted by atomic mass is 32.1. The molecule has 5 heteroatoms. The molecule has 0 amide bonds. The highest BCUT2D eigenvalue weighted by Crippen LogP contribution is 2.17. The molecular formula is C13H14N4S. The van der Waals surface area contributed by atoms with Crippen molar-refractivity contribution in [3.63, 3.8) is 0 Å². The van der Waals surface area contributed by atoms with Crippen LogP contribution in [-0.2, 0) is 6.42 Å². The second-order valence-corrected chi connectivity index (χ2v) is 5.15. The number of thiophene rings is 1. The van der Waals surface area contributed by atoms with Gasteiger partial charge in [-0.3, -0.25) is 0 Å². The van der Waals surface area contributed by atoms with Crippen LogP contribution in [0.1, 0.15) is 4.88 Å². The van der Waals surface area contributed by atoms with Crippen LogP contribution in [0.15, 0.2) is 35.7 Å². The van der Waals surface area contributed by atoms with Gasteiger partial charge in [-0.25, -0.2) is 4.98 Å². The van der Waals surface area contributed by atoms with E-state index in [-0.39, 0.29) is 0 Å². The zero-order valence-corrected chi connectivity index (χ0v) is 10.6. The van der Waals surface area contributed by atoms with Crippen molar-refractivity contribution < 1.29 is 0 Å². The van der Waals surface area contributed by atoms with Gasteiger partial charge in [0.05, 0.1) is 11.0 Å². The Morgan fingerprint density at radius 1 is 1.33 bits per heavy atom. The number of nitrogen functional groups attached to an aromatic ring is 1.